The standard InChI is InChI=1S/C20H21N3OS2/c1-20(2,24)8-5-15-3-4-16(26-15)11-23-9-6-17-18(22-13-21-17)19(23)14-7-10-25-12-14/h3-4,7,10,12-13,19,24H,6,9,11H2,1-2H3,(H,21,22)/t19-/m0/s1. The minimum absolute atomic E-state index is 0.198. The molecule has 0 aromatic carbocycles. The number of nitrogens with zero attached hydrogens (tertiary/aromatic N) is 2. The van der Waals surface area contributed by atoms with E-state index in [9.17, 15) is 5.11 Å². The second kappa shape index (κ2) is 7.01. The molecule has 4 nitrogen and oxygen atoms in total. The number of nitrogens with one attached hydrogen (secondary N) is 1. The van der Waals surface area contributed by atoms with Gasteiger partial charge in [0.1, 0.15) is 5.60 Å². The molecule has 0 fully saturated rings. The summed E-state index contributed by atoms with van der Waals surface area (Å²) in [6.07, 6.45) is 2.80. The van der Waals surface area contributed by atoms with Crippen molar-refractivity contribution in [2.24, 2.45) is 0 Å². The lowest BCUT2D eigenvalue weighted by atomic mass is 9.98. The maximum absolute atomic E-state index is 9.77. The third-order valence-electron chi connectivity index (χ3n) is 4.40. The molecule has 0 bridgehead atoms. The maximum atomic E-state index is 9.77. The van der Waals surface area contributed by atoms with E-state index in [0.717, 1.165) is 30.1 Å². The molecule has 0 saturated carbocycles. The normalized spacial score (nSPS) is 17.6. The van der Waals surface area contributed by atoms with Crippen LogP contribution in [0.2, 0.25) is 0 Å². The lowest BCUT2D eigenvalue weighted by Crippen LogP contribution is -2.35. The Morgan fingerprint density at radius 2 is 2.27 bits per heavy atom. The van der Waals surface area contributed by atoms with E-state index in [4.69, 9.17) is 0 Å². The Morgan fingerprint density at radius 3 is 3.04 bits per heavy atom. The predicted molar refractivity (Wildman–Crippen MR) is 106 cm³/mol. The Balaban J connectivity index is 1.58. The minimum atomic E-state index is -0.961. The van der Waals surface area contributed by atoms with E-state index in [1.165, 1.54) is 16.1 Å². The predicted octanol–water partition coefficient (Wildman–Crippen LogP) is 3.80. The Kier molecular flexibility index (Phi) is 4.72. The molecule has 4 heterocycles. The first-order chi connectivity index (χ1) is 12.5. The Labute approximate surface area is 161 Å². The maximum Gasteiger partial charge on any atom is 0.120 e. The van der Waals surface area contributed by atoms with Gasteiger partial charge in [0.15, 0.2) is 0 Å². The van der Waals surface area contributed by atoms with Crippen LogP contribution in [0.3, 0.4) is 0 Å². The molecule has 3 aromatic heterocycles. The fourth-order valence-electron chi connectivity index (χ4n) is 3.24. The summed E-state index contributed by atoms with van der Waals surface area (Å²) in [4.78, 5) is 12.7. The number of aromatic amines is 1. The first-order valence-corrected chi connectivity index (χ1v) is 10.4. The zero-order valence-electron chi connectivity index (χ0n) is 14.8. The highest BCUT2D eigenvalue weighted by Gasteiger charge is 2.31. The average Bonchev–Trinajstić information content (AvgIpc) is 3.34. The zero-order valence-corrected chi connectivity index (χ0v) is 16.5. The van der Waals surface area contributed by atoms with Crippen LogP contribution < -0.4 is 0 Å². The molecule has 26 heavy (non-hydrogen) atoms. The highest BCUT2D eigenvalue weighted by molar-refractivity contribution is 7.12. The van der Waals surface area contributed by atoms with Crippen LogP contribution in [0.1, 0.15) is 46.6 Å². The Morgan fingerprint density at radius 1 is 1.38 bits per heavy atom. The van der Waals surface area contributed by atoms with Gasteiger partial charge < -0.3 is 10.1 Å². The lowest BCUT2D eigenvalue weighted by molar-refractivity contribution is 0.143. The molecule has 2 N–H and O–H groups in total. The van der Waals surface area contributed by atoms with E-state index in [0.29, 0.717) is 0 Å². The number of rotatable bonds is 3. The van der Waals surface area contributed by atoms with Gasteiger partial charge >= 0.3 is 0 Å². The van der Waals surface area contributed by atoms with Crippen molar-refractivity contribution in [1.82, 2.24) is 14.9 Å². The van der Waals surface area contributed by atoms with Crippen LogP contribution in [0, 0.1) is 11.8 Å². The summed E-state index contributed by atoms with van der Waals surface area (Å²) in [6, 6.07) is 6.58. The van der Waals surface area contributed by atoms with Gasteiger partial charge in [-0.25, -0.2) is 4.98 Å². The Bertz CT molecular complexity index is 938. The van der Waals surface area contributed by atoms with E-state index >= 15 is 0 Å². The van der Waals surface area contributed by atoms with Gasteiger partial charge in [-0.05, 0) is 48.4 Å². The van der Waals surface area contributed by atoms with Crippen LogP contribution >= 0.6 is 22.7 Å². The van der Waals surface area contributed by atoms with Crippen molar-refractivity contribution in [2.45, 2.75) is 38.5 Å². The van der Waals surface area contributed by atoms with Gasteiger partial charge in [-0.3, -0.25) is 4.90 Å². The molecule has 3 aromatic rings. The molecule has 1 aliphatic heterocycles. The number of H-pyrrole nitrogens is 1. The summed E-state index contributed by atoms with van der Waals surface area (Å²) < 4.78 is 0. The van der Waals surface area contributed by atoms with Gasteiger partial charge in [-0.1, -0.05) is 11.8 Å². The molecule has 0 aliphatic carbocycles. The van der Waals surface area contributed by atoms with E-state index in [2.05, 4.69) is 49.6 Å². The minimum Gasteiger partial charge on any atom is -0.378 e. The lowest BCUT2D eigenvalue weighted by Gasteiger charge is -2.34. The number of aromatic nitrogens is 2. The monoisotopic (exact) mass is 383 g/mol. The third kappa shape index (κ3) is 3.76. The number of aliphatic hydroxyl groups is 1. The van der Waals surface area contributed by atoms with Gasteiger partial charge in [0.2, 0.25) is 0 Å². The first kappa shape index (κ1) is 17.5. The van der Waals surface area contributed by atoms with Crippen LogP contribution in [0.4, 0.5) is 0 Å². The number of imidazole rings is 1. The SMILES string of the molecule is CC(C)(O)C#Cc1ccc(CN2CCc3[nH]cnc3[C@@H]2c2ccsc2)s1. The van der Waals surface area contributed by atoms with Crippen molar-refractivity contribution in [1.29, 1.82) is 0 Å². The van der Waals surface area contributed by atoms with Crippen molar-refractivity contribution in [3.8, 4) is 11.8 Å². The molecule has 0 amide bonds. The molecule has 0 unspecified atom stereocenters. The van der Waals surface area contributed by atoms with Crippen LogP contribution in [0.25, 0.3) is 0 Å². The zero-order chi connectivity index (χ0) is 18.1. The fraction of sp³-hybridized carbons (Fsp3) is 0.350. The number of thiophene rings is 2. The summed E-state index contributed by atoms with van der Waals surface area (Å²) in [6.45, 7) is 5.28. The number of hydrogen-bond acceptors (Lipinski definition) is 5. The molecule has 4 rings (SSSR count). The fourth-order valence-corrected chi connectivity index (χ4v) is 4.81. The quantitative estimate of drug-likeness (QED) is 0.677. The molecule has 0 spiro atoms. The second-order valence-corrected chi connectivity index (χ2v) is 8.97. The summed E-state index contributed by atoms with van der Waals surface area (Å²) in [5.41, 5.74) is 2.74. The molecule has 0 saturated heterocycles. The molecular weight excluding hydrogens is 362 g/mol. The van der Waals surface area contributed by atoms with Crippen molar-refractivity contribution in [2.75, 3.05) is 6.54 Å². The van der Waals surface area contributed by atoms with Gasteiger partial charge in [-0.15, -0.1) is 11.3 Å². The van der Waals surface area contributed by atoms with E-state index < -0.39 is 5.60 Å². The van der Waals surface area contributed by atoms with Gasteiger partial charge in [0, 0.05) is 30.1 Å². The molecule has 6 heteroatoms. The van der Waals surface area contributed by atoms with Crippen LogP contribution in [0.15, 0.2) is 35.3 Å². The largest absolute Gasteiger partial charge is 0.378 e. The van der Waals surface area contributed by atoms with Gasteiger partial charge in [0.25, 0.3) is 0 Å². The molecule has 1 aliphatic rings. The summed E-state index contributed by atoms with van der Waals surface area (Å²) in [5, 5.41) is 14.1. The number of fused-ring (bicyclic) bond motifs is 1. The van der Waals surface area contributed by atoms with Crippen molar-refractivity contribution in [3.05, 3.63) is 62.0 Å². The van der Waals surface area contributed by atoms with Crippen molar-refractivity contribution >= 4 is 22.7 Å². The topological polar surface area (TPSA) is 52.1 Å². The molecule has 1 atom stereocenters. The second-order valence-electron chi connectivity index (χ2n) is 7.02. The molecule has 0 radical (unpaired) electrons. The van der Waals surface area contributed by atoms with Crippen LogP contribution in [0.5, 0.6) is 0 Å². The number of hydrogen-bond donors (Lipinski definition) is 2. The van der Waals surface area contributed by atoms with Crippen LogP contribution in [-0.2, 0) is 13.0 Å². The first-order valence-electron chi connectivity index (χ1n) is 8.62. The molecule has 134 valence electrons. The summed E-state index contributed by atoms with van der Waals surface area (Å²) >= 11 is 3.43. The highest BCUT2D eigenvalue weighted by Crippen LogP contribution is 2.36. The summed E-state index contributed by atoms with van der Waals surface area (Å²) in [5.74, 6) is 5.96. The highest BCUT2D eigenvalue weighted by atomic mass is 32.1. The third-order valence-corrected chi connectivity index (χ3v) is 6.08. The summed E-state index contributed by atoms with van der Waals surface area (Å²) in [7, 11) is 0. The van der Waals surface area contributed by atoms with Crippen LogP contribution in [-0.4, -0.2) is 32.1 Å². The Hall–Kier alpha value is -1.91. The van der Waals surface area contributed by atoms with E-state index in [-0.39, 0.29) is 6.04 Å². The molecular formula is C20H21N3OS2. The smallest absolute Gasteiger partial charge is 0.120 e. The van der Waals surface area contributed by atoms with Crippen molar-refractivity contribution in [3.63, 3.8) is 0 Å². The average molecular weight is 384 g/mol. The van der Waals surface area contributed by atoms with E-state index in [1.807, 2.05) is 12.4 Å². The van der Waals surface area contributed by atoms with Gasteiger partial charge in [0.05, 0.1) is 22.9 Å². The van der Waals surface area contributed by atoms with Crippen molar-refractivity contribution < 1.29 is 5.11 Å². The van der Waals surface area contributed by atoms with E-state index in [1.54, 1.807) is 36.5 Å². The van der Waals surface area contributed by atoms with Gasteiger partial charge in [-0.2, -0.15) is 11.3 Å².